The Hall–Kier alpha value is -1.07. The van der Waals surface area contributed by atoms with Crippen LogP contribution in [0, 0.1) is 0 Å². The lowest BCUT2D eigenvalue weighted by Gasteiger charge is -2.34. The van der Waals surface area contributed by atoms with Gasteiger partial charge in [0.2, 0.25) is 5.60 Å². The highest BCUT2D eigenvalue weighted by Crippen LogP contribution is 2.41. The summed E-state index contributed by atoms with van der Waals surface area (Å²) in [5.41, 5.74) is -2.19. The zero-order valence-corrected chi connectivity index (χ0v) is 9.14. The molecule has 2 nitrogen and oxygen atoms in total. The van der Waals surface area contributed by atoms with Crippen LogP contribution in [0.3, 0.4) is 0 Å². The Balaban J connectivity index is 3.23. The van der Waals surface area contributed by atoms with Crippen LogP contribution in [0.4, 0.5) is 13.2 Å². The molecule has 90 valence electrons. The summed E-state index contributed by atoms with van der Waals surface area (Å²) in [5, 5.41) is 2.52. The van der Waals surface area contributed by atoms with Gasteiger partial charge in [-0.05, 0) is 12.6 Å². The van der Waals surface area contributed by atoms with Gasteiger partial charge in [0.15, 0.2) is 0 Å². The molecule has 0 aliphatic rings. The van der Waals surface area contributed by atoms with Crippen molar-refractivity contribution in [2.75, 3.05) is 20.7 Å². The predicted octanol–water partition coefficient (Wildman–Crippen LogP) is 2.31. The third-order valence-corrected chi connectivity index (χ3v) is 2.47. The molecule has 1 rings (SSSR count). The van der Waals surface area contributed by atoms with Gasteiger partial charge < -0.3 is 10.1 Å². The summed E-state index contributed by atoms with van der Waals surface area (Å²) in [4.78, 5) is 0. The van der Waals surface area contributed by atoms with Gasteiger partial charge in [-0.25, -0.2) is 0 Å². The third kappa shape index (κ3) is 2.20. The first-order chi connectivity index (χ1) is 7.48. The molecule has 1 unspecified atom stereocenters. The molecule has 0 amide bonds. The highest BCUT2D eigenvalue weighted by Gasteiger charge is 2.56. The Morgan fingerprint density at radius 2 is 1.75 bits per heavy atom. The lowest BCUT2D eigenvalue weighted by Crippen LogP contribution is -2.50. The topological polar surface area (TPSA) is 21.3 Å². The van der Waals surface area contributed by atoms with Crippen LogP contribution in [0.5, 0.6) is 0 Å². The van der Waals surface area contributed by atoms with Crippen molar-refractivity contribution >= 4 is 0 Å². The minimum Gasteiger partial charge on any atom is -0.363 e. The molecule has 16 heavy (non-hydrogen) atoms. The molecule has 5 heteroatoms. The Kier molecular flexibility index (Phi) is 3.93. The largest absolute Gasteiger partial charge is 0.422 e. The summed E-state index contributed by atoms with van der Waals surface area (Å²) >= 11 is 0. The van der Waals surface area contributed by atoms with Crippen LogP contribution >= 0.6 is 0 Å². The minimum atomic E-state index is -4.47. The predicted molar refractivity (Wildman–Crippen MR) is 55.1 cm³/mol. The second kappa shape index (κ2) is 4.84. The monoisotopic (exact) mass is 233 g/mol. The number of hydrogen-bond donors (Lipinski definition) is 1. The van der Waals surface area contributed by atoms with Crippen LogP contribution < -0.4 is 5.32 Å². The zero-order valence-electron chi connectivity index (χ0n) is 9.14. The third-order valence-electron chi connectivity index (χ3n) is 2.47. The van der Waals surface area contributed by atoms with Gasteiger partial charge in [0.05, 0.1) is 0 Å². The van der Waals surface area contributed by atoms with Gasteiger partial charge in [0.25, 0.3) is 0 Å². The maximum atomic E-state index is 13.1. The van der Waals surface area contributed by atoms with Crippen molar-refractivity contribution in [2.45, 2.75) is 11.8 Å². The maximum absolute atomic E-state index is 13.1. The van der Waals surface area contributed by atoms with Crippen LogP contribution in [0.2, 0.25) is 0 Å². The smallest absolute Gasteiger partial charge is 0.363 e. The molecule has 0 aliphatic heterocycles. The highest BCUT2D eigenvalue weighted by molar-refractivity contribution is 5.25. The van der Waals surface area contributed by atoms with E-state index in [4.69, 9.17) is 4.74 Å². The normalized spacial score (nSPS) is 15.8. The molecule has 1 aromatic rings. The lowest BCUT2D eigenvalue weighted by molar-refractivity contribution is -0.274. The van der Waals surface area contributed by atoms with Crippen LogP contribution in [0.1, 0.15) is 5.56 Å². The molecule has 1 aromatic carbocycles. The second-order valence-corrected chi connectivity index (χ2v) is 3.43. The summed E-state index contributed by atoms with van der Waals surface area (Å²) in [6.45, 7) is -0.322. The lowest BCUT2D eigenvalue weighted by atomic mass is 9.92. The average molecular weight is 233 g/mol. The van der Waals surface area contributed by atoms with Gasteiger partial charge in [-0.1, -0.05) is 30.3 Å². The zero-order chi connectivity index (χ0) is 12.2. The molecule has 0 aliphatic carbocycles. The summed E-state index contributed by atoms with van der Waals surface area (Å²) < 4.78 is 44.0. The molecule has 0 spiro atoms. The van der Waals surface area contributed by atoms with Crippen molar-refractivity contribution in [2.24, 2.45) is 0 Å². The van der Waals surface area contributed by atoms with E-state index < -0.39 is 11.8 Å². The molecule has 0 aromatic heterocycles. The molecule has 1 atom stereocenters. The fourth-order valence-corrected chi connectivity index (χ4v) is 1.63. The molecule has 1 N–H and O–H groups in total. The number of alkyl halides is 3. The van der Waals surface area contributed by atoms with Gasteiger partial charge in [-0.2, -0.15) is 13.2 Å². The number of ether oxygens (including phenoxy) is 1. The van der Waals surface area contributed by atoms with E-state index in [1.807, 2.05) is 0 Å². The van der Waals surface area contributed by atoms with E-state index >= 15 is 0 Å². The van der Waals surface area contributed by atoms with Gasteiger partial charge in [-0.3, -0.25) is 0 Å². The maximum Gasteiger partial charge on any atom is 0.422 e. The standard InChI is InChI=1S/C11H14F3NO/c1-15-8-10(16-2,11(12,13)14)9-6-4-3-5-7-9/h3-7,15H,8H2,1-2H3. The van der Waals surface area contributed by atoms with Crippen molar-refractivity contribution in [1.29, 1.82) is 0 Å². The fourth-order valence-electron chi connectivity index (χ4n) is 1.63. The molecule has 0 saturated carbocycles. The molecule has 0 saturated heterocycles. The Morgan fingerprint density at radius 3 is 2.12 bits per heavy atom. The molecular formula is C11H14F3NO. The molecule has 0 heterocycles. The quantitative estimate of drug-likeness (QED) is 0.861. The Labute approximate surface area is 92.4 Å². The minimum absolute atomic E-state index is 0.0966. The highest BCUT2D eigenvalue weighted by atomic mass is 19.4. The van der Waals surface area contributed by atoms with Gasteiger partial charge in [0.1, 0.15) is 0 Å². The van der Waals surface area contributed by atoms with Crippen LogP contribution in [0.25, 0.3) is 0 Å². The van der Waals surface area contributed by atoms with E-state index in [9.17, 15) is 13.2 Å². The van der Waals surface area contributed by atoms with Gasteiger partial charge in [-0.15, -0.1) is 0 Å². The number of halogens is 3. The van der Waals surface area contributed by atoms with E-state index in [1.54, 1.807) is 18.2 Å². The molecule has 0 fully saturated rings. The van der Waals surface area contributed by atoms with Crippen LogP contribution in [-0.4, -0.2) is 26.9 Å². The summed E-state index contributed by atoms with van der Waals surface area (Å²) in [6, 6.07) is 7.61. The van der Waals surface area contributed by atoms with Gasteiger partial charge in [0, 0.05) is 13.7 Å². The number of benzene rings is 1. The molecular weight excluding hydrogens is 219 g/mol. The SMILES string of the molecule is CNCC(OC)(c1ccccc1)C(F)(F)F. The van der Waals surface area contributed by atoms with E-state index in [-0.39, 0.29) is 12.1 Å². The number of methoxy groups -OCH3 is 1. The fraction of sp³-hybridized carbons (Fsp3) is 0.455. The van der Waals surface area contributed by atoms with Crippen LogP contribution in [0.15, 0.2) is 30.3 Å². The van der Waals surface area contributed by atoms with E-state index in [0.29, 0.717) is 0 Å². The van der Waals surface area contributed by atoms with E-state index in [2.05, 4.69) is 5.32 Å². The first kappa shape index (κ1) is 13.0. The number of likely N-dealkylation sites (N-methyl/N-ethyl adjacent to an activating group) is 1. The summed E-state index contributed by atoms with van der Waals surface area (Å²) in [7, 11) is 2.53. The number of rotatable bonds is 4. The molecule has 0 radical (unpaired) electrons. The Bertz CT molecular complexity index is 326. The van der Waals surface area contributed by atoms with Crippen molar-refractivity contribution in [3.63, 3.8) is 0 Å². The van der Waals surface area contributed by atoms with Crippen molar-refractivity contribution in [3.05, 3.63) is 35.9 Å². The molecule has 0 bridgehead atoms. The number of nitrogens with one attached hydrogen (secondary N) is 1. The second-order valence-electron chi connectivity index (χ2n) is 3.43. The van der Waals surface area contributed by atoms with Crippen LogP contribution in [-0.2, 0) is 10.3 Å². The van der Waals surface area contributed by atoms with Gasteiger partial charge >= 0.3 is 6.18 Å². The summed E-state index contributed by atoms with van der Waals surface area (Å²) in [6.07, 6.45) is -4.47. The first-order valence-corrected chi connectivity index (χ1v) is 4.80. The van der Waals surface area contributed by atoms with Crippen molar-refractivity contribution in [1.82, 2.24) is 5.32 Å². The first-order valence-electron chi connectivity index (χ1n) is 4.80. The van der Waals surface area contributed by atoms with Crippen molar-refractivity contribution in [3.8, 4) is 0 Å². The average Bonchev–Trinajstić information content (AvgIpc) is 2.25. The Morgan fingerprint density at radius 1 is 1.19 bits per heavy atom. The van der Waals surface area contributed by atoms with E-state index in [1.165, 1.54) is 19.2 Å². The van der Waals surface area contributed by atoms with E-state index in [0.717, 1.165) is 7.11 Å². The van der Waals surface area contributed by atoms with Crippen molar-refractivity contribution < 1.29 is 17.9 Å². The summed E-state index contributed by atoms with van der Waals surface area (Å²) in [5.74, 6) is 0. The number of hydrogen-bond acceptors (Lipinski definition) is 2.